The third-order valence-corrected chi connectivity index (χ3v) is 3.25. The Kier molecular flexibility index (Phi) is 3.84. The summed E-state index contributed by atoms with van der Waals surface area (Å²) >= 11 is 9.16. The first-order valence-corrected chi connectivity index (χ1v) is 6.22. The number of benzene rings is 1. The molecular formula is C12H9BrClN3O. The van der Waals surface area contributed by atoms with Gasteiger partial charge in [0.05, 0.1) is 16.3 Å². The lowest BCUT2D eigenvalue weighted by atomic mass is 10.2. The standard InChI is InChI=1S/C12H9BrClN3O/c13-8-3-1-2-4-10(8)17-12(18)7-5-9(14)11(15)16-6-7/h1-6H,(H2,15,16)(H,17,18). The number of pyridine rings is 1. The van der Waals surface area contributed by atoms with Gasteiger partial charge in [-0.05, 0) is 34.1 Å². The fraction of sp³-hybridized carbons (Fsp3) is 0. The van der Waals surface area contributed by atoms with E-state index in [1.807, 2.05) is 18.2 Å². The normalized spacial score (nSPS) is 10.1. The van der Waals surface area contributed by atoms with Crippen LogP contribution in [-0.2, 0) is 0 Å². The minimum absolute atomic E-state index is 0.203. The zero-order valence-corrected chi connectivity index (χ0v) is 11.5. The Balaban J connectivity index is 2.22. The number of halogens is 2. The summed E-state index contributed by atoms with van der Waals surface area (Å²) in [6.07, 6.45) is 1.38. The molecule has 1 aromatic carbocycles. The van der Waals surface area contributed by atoms with Crippen molar-refractivity contribution in [3.05, 3.63) is 51.6 Å². The monoisotopic (exact) mass is 325 g/mol. The molecule has 3 N–H and O–H groups in total. The molecule has 4 nitrogen and oxygen atoms in total. The topological polar surface area (TPSA) is 68.0 Å². The van der Waals surface area contributed by atoms with Crippen molar-refractivity contribution < 1.29 is 4.79 Å². The van der Waals surface area contributed by atoms with E-state index in [0.29, 0.717) is 11.3 Å². The largest absolute Gasteiger partial charge is 0.382 e. The summed E-state index contributed by atoms with van der Waals surface area (Å²) in [7, 11) is 0. The van der Waals surface area contributed by atoms with Crippen LogP contribution in [0.5, 0.6) is 0 Å². The highest BCUT2D eigenvalue weighted by Crippen LogP contribution is 2.23. The van der Waals surface area contributed by atoms with E-state index in [9.17, 15) is 4.79 Å². The average molecular weight is 327 g/mol. The second-order valence-corrected chi connectivity index (χ2v) is 4.79. The zero-order valence-electron chi connectivity index (χ0n) is 9.15. The van der Waals surface area contributed by atoms with E-state index in [2.05, 4.69) is 26.2 Å². The number of amides is 1. The number of nitrogens with two attached hydrogens (primary N) is 1. The van der Waals surface area contributed by atoms with E-state index < -0.39 is 0 Å². The smallest absolute Gasteiger partial charge is 0.257 e. The molecule has 0 atom stereocenters. The lowest BCUT2D eigenvalue weighted by Crippen LogP contribution is -2.13. The van der Waals surface area contributed by atoms with E-state index in [1.54, 1.807) is 6.07 Å². The van der Waals surface area contributed by atoms with Crippen LogP contribution in [0.2, 0.25) is 5.02 Å². The van der Waals surface area contributed by atoms with E-state index in [-0.39, 0.29) is 16.7 Å². The van der Waals surface area contributed by atoms with Crippen molar-refractivity contribution in [3.63, 3.8) is 0 Å². The molecule has 2 aromatic rings. The van der Waals surface area contributed by atoms with Gasteiger partial charge in [0.2, 0.25) is 0 Å². The molecule has 0 bridgehead atoms. The SMILES string of the molecule is Nc1ncc(C(=O)Nc2ccccc2Br)cc1Cl. The zero-order chi connectivity index (χ0) is 13.1. The van der Waals surface area contributed by atoms with Gasteiger partial charge in [-0.3, -0.25) is 4.79 Å². The van der Waals surface area contributed by atoms with Crippen LogP contribution in [0.25, 0.3) is 0 Å². The van der Waals surface area contributed by atoms with Crippen LogP contribution in [0.15, 0.2) is 41.0 Å². The lowest BCUT2D eigenvalue weighted by Gasteiger charge is -2.07. The minimum Gasteiger partial charge on any atom is -0.382 e. The van der Waals surface area contributed by atoms with Crippen molar-refractivity contribution in [1.29, 1.82) is 0 Å². The van der Waals surface area contributed by atoms with Gasteiger partial charge in [-0.15, -0.1) is 0 Å². The van der Waals surface area contributed by atoms with Gasteiger partial charge in [0.1, 0.15) is 5.82 Å². The van der Waals surface area contributed by atoms with Crippen LogP contribution < -0.4 is 11.1 Å². The number of carbonyl (C=O) groups excluding carboxylic acids is 1. The van der Waals surface area contributed by atoms with Gasteiger partial charge in [0, 0.05) is 10.7 Å². The van der Waals surface area contributed by atoms with Crippen LogP contribution in [0.1, 0.15) is 10.4 Å². The first-order valence-electron chi connectivity index (χ1n) is 5.05. The lowest BCUT2D eigenvalue weighted by molar-refractivity contribution is 0.102. The Morgan fingerprint density at radius 3 is 2.78 bits per heavy atom. The summed E-state index contributed by atoms with van der Waals surface area (Å²) in [6, 6.07) is 8.80. The highest BCUT2D eigenvalue weighted by molar-refractivity contribution is 9.10. The van der Waals surface area contributed by atoms with Gasteiger partial charge in [0.25, 0.3) is 5.91 Å². The Bertz CT molecular complexity index is 604. The molecule has 2 rings (SSSR count). The summed E-state index contributed by atoms with van der Waals surface area (Å²) in [6.45, 7) is 0. The van der Waals surface area contributed by atoms with Crippen molar-refractivity contribution in [2.24, 2.45) is 0 Å². The van der Waals surface area contributed by atoms with Gasteiger partial charge >= 0.3 is 0 Å². The van der Waals surface area contributed by atoms with Crippen LogP contribution in [0, 0.1) is 0 Å². The first-order chi connectivity index (χ1) is 8.58. The molecule has 0 saturated heterocycles. The summed E-state index contributed by atoms with van der Waals surface area (Å²) < 4.78 is 0.799. The van der Waals surface area contributed by atoms with Crippen molar-refractivity contribution in [2.75, 3.05) is 11.1 Å². The molecular weight excluding hydrogens is 318 g/mol. The van der Waals surface area contributed by atoms with Crippen LogP contribution >= 0.6 is 27.5 Å². The number of nitrogens with one attached hydrogen (secondary N) is 1. The Morgan fingerprint density at radius 1 is 1.39 bits per heavy atom. The number of hydrogen-bond acceptors (Lipinski definition) is 3. The molecule has 0 saturated carbocycles. The van der Waals surface area contributed by atoms with E-state index in [1.165, 1.54) is 12.3 Å². The molecule has 1 aromatic heterocycles. The predicted octanol–water partition coefficient (Wildman–Crippen LogP) is 3.33. The second-order valence-electron chi connectivity index (χ2n) is 3.53. The molecule has 0 aliphatic rings. The van der Waals surface area contributed by atoms with Crippen LogP contribution in [0.4, 0.5) is 11.5 Å². The Morgan fingerprint density at radius 2 is 2.11 bits per heavy atom. The van der Waals surface area contributed by atoms with Crippen molar-refractivity contribution >= 4 is 44.9 Å². The molecule has 6 heteroatoms. The molecule has 92 valence electrons. The molecule has 1 amide bonds. The van der Waals surface area contributed by atoms with Gasteiger partial charge in [0.15, 0.2) is 0 Å². The van der Waals surface area contributed by atoms with Gasteiger partial charge in [-0.2, -0.15) is 0 Å². The van der Waals surface area contributed by atoms with Gasteiger partial charge < -0.3 is 11.1 Å². The first kappa shape index (κ1) is 12.9. The molecule has 0 fully saturated rings. The Hall–Kier alpha value is -1.59. The maximum atomic E-state index is 12.0. The number of para-hydroxylation sites is 1. The van der Waals surface area contributed by atoms with E-state index >= 15 is 0 Å². The maximum Gasteiger partial charge on any atom is 0.257 e. The fourth-order valence-electron chi connectivity index (χ4n) is 1.33. The number of carbonyl (C=O) groups is 1. The third kappa shape index (κ3) is 2.80. The fourth-order valence-corrected chi connectivity index (χ4v) is 1.88. The summed E-state index contributed by atoms with van der Waals surface area (Å²) in [4.78, 5) is 15.8. The van der Waals surface area contributed by atoms with E-state index in [4.69, 9.17) is 17.3 Å². The number of rotatable bonds is 2. The molecule has 1 heterocycles. The maximum absolute atomic E-state index is 12.0. The molecule has 0 aliphatic heterocycles. The van der Waals surface area contributed by atoms with Gasteiger partial charge in [-0.1, -0.05) is 23.7 Å². The van der Waals surface area contributed by atoms with Crippen molar-refractivity contribution in [3.8, 4) is 0 Å². The van der Waals surface area contributed by atoms with E-state index in [0.717, 1.165) is 4.47 Å². The average Bonchev–Trinajstić information content (AvgIpc) is 2.35. The predicted molar refractivity (Wildman–Crippen MR) is 75.8 cm³/mol. The van der Waals surface area contributed by atoms with Crippen LogP contribution in [0.3, 0.4) is 0 Å². The highest BCUT2D eigenvalue weighted by atomic mass is 79.9. The number of hydrogen-bond donors (Lipinski definition) is 2. The minimum atomic E-state index is -0.295. The number of anilines is 2. The number of aromatic nitrogens is 1. The number of nitrogen functional groups attached to an aromatic ring is 1. The third-order valence-electron chi connectivity index (χ3n) is 2.25. The number of nitrogens with zero attached hydrogens (tertiary/aromatic N) is 1. The van der Waals surface area contributed by atoms with Crippen molar-refractivity contribution in [1.82, 2.24) is 4.98 Å². The van der Waals surface area contributed by atoms with Crippen LogP contribution in [-0.4, -0.2) is 10.9 Å². The molecule has 18 heavy (non-hydrogen) atoms. The molecule has 0 radical (unpaired) electrons. The Labute approximate surface area is 117 Å². The van der Waals surface area contributed by atoms with Crippen molar-refractivity contribution in [2.45, 2.75) is 0 Å². The quantitative estimate of drug-likeness (QED) is 0.889. The highest BCUT2D eigenvalue weighted by Gasteiger charge is 2.10. The summed E-state index contributed by atoms with van der Waals surface area (Å²) in [5, 5.41) is 3.01. The van der Waals surface area contributed by atoms with Gasteiger partial charge in [-0.25, -0.2) is 4.98 Å². The molecule has 0 unspecified atom stereocenters. The molecule has 0 spiro atoms. The molecule has 0 aliphatic carbocycles. The summed E-state index contributed by atoms with van der Waals surface area (Å²) in [5.41, 5.74) is 6.51. The second kappa shape index (κ2) is 5.37. The summed E-state index contributed by atoms with van der Waals surface area (Å²) in [5.74, 6) is -0.0922.